The van der Waals surface area contributed by atoms with Crippen LogP contribution < -0.4 is 15.5 Å². The highest BCUT2D eigenvalue weighted by Gasteiger charge is 2.25. The molecule has 2 aliphatic heterocycles. The van der Waals surface area contributed by atoms with E-state index in [4.69, 9.17) is 0 Å². The van der Waals surface area contributed by atoms with Crippen LogP contribution in [0, 0.1) is 5.92 Å². The molecule has 0 aromatic heterocycles. The van der Waals surface area contributed by atoms with Crippen LogP contribution in [0.2, 0.25) is 0 Å². The summed E-state index contributed by atoms with van der Waals surface area (Å²) in [5, 5.41) is 6.30. The first-order valence-corrected chi connectivity index (χ1v) is 10.1. The predicted octanol–water partition coefficient (Wildman–Crippen LogP) is 1.86. The monoisotopic (exact) mass is 371 g/mol. The lowest BCUT2D eigenvalue weighted by Gasteiger charge is -2.35. The van der Waals surface area contributed by atoms with Crippen LogP contribution in [-0.2, 0) is 11.2 Å². The summed E-state index contributed by atoms with van der Waals surface area (Å²) in [6, 6.07) is 9.12. The number of hydrogen-bond acceptors (Lipinski definition) is 3. The van der Waals surface area contributed by atoms with Gasteiger partial charge in [0.15, 0.2) is 5.96 Å². The molecule has 0 aliphatic carbocycles. The molecule has 0 saturated carbocycles. The van der Waals surface area contributed by atoms with Crippen LogP contribution in [0.4, 0.5) is 5.69 Å². The second-order valence-corrected chi connectivity index (χ2v) is 7.66. The molecule has 1 fully saturated rings. The number of rotatable bonds is 5. The van der Waals surface area contributed by atoms with E-state index in [1.165, 1.54) is 11.3 Å². The van der Waals surface area contributed by atoms with E-state index in [1.807, 2.05) is 7.05 Å². The molecule has 1 amide bonds. The van der Waals surface area contributed by atoms with Crippen molar-refractivity contribution in [2.75, 3.05) is 45.2 Å². The van der Waals surface area contributed by atoms with Crippen molar-refractivity contribution in [2.24, 2.45) is 10.9 Å². The Balaban J connectivity index is 1.48. The van der Waals surface area contributed by atoms with Gasteiger partial charge in [-0.05, 0) is 43.7 Å². The van der Waals surface area contributed by atoms with Crippen LogP contribution in [0.1, 0.15) is 31.7 Å². The number of carbonyl (C=O) groups excluding carboxylic acids is 1. The smallest absolute Gasteiger partial charge is 0.220 e. The van der Waals surface area contributed by atoms with Crippen molar-refractivity contribution in [2.45, 2.75) is 38.6 Å². The maximum atomic E-state index is 11.6. The molecular formula is C21H33N5O. The van der Waals surface area contributed by atoms with Gasteiger partial charge in [-0.3, -0.25) is 9.79 Å². The Kier molecular flexibility index (Phi) is 6.58. The number of fused-ring (bicyclic) bond motifs is 1. The van der Waals surface area contributed by atoms with Gasteiger partial charge in [-0.25, -0.2) is 0 Å². The second-order valence-electron chi connectivity index (χ2n) is 7.66. The number of benzene rings is 1. The van der Waals surface area contributed by atoms with Crippen LogP contribution >= 0.6 is 0 Å². The number of piperidine rings is 1. The van der Waals surface area contributed by atoms with E-state index in [0.29, 0.717) is 18.4 Å². The van der Waals surface area contributed by atoms with Gasteiger partial charge >= 0.3 is 0 Å². The summed E-state index contributed by atoms with van der Waals surface area (Å²) in [4.78, 5) is 20.9. The first-order chi connectivity index (χ1) is 13.1. The van der Waals surface area contributed by atoms with Crippen molar-refractivity contribution in [3.05, 3.63) is 29.8 Å². The number of guanidine groups is 1. The highest BCUT2D eigenvalue weighted by atomic mass is 16.1. The number of para-hydroxylation sites is 1. The molecule has 2 heterocycles. The number of nitrogens with zero attached hydrogens (tertiary/aromatic N) is 3. The third-order valence-corrected chi connectivity index (χ3v) is 5.89. The molecule has 6 heteroatoms. The Labute approximate surface area is 163 Å². The molecule has 3 rings (SSSR count). The van der Waals surface area contributed by atoms with E-state index in [-0.39, 0.29) is 5.91 Å². The molecule has 2 N–H and O–H groups in total. The average Bonchev–Trinajstić information content (AvgIpc) is 3.13. The summed E-state index contributed by atoms with van der Waals surface area (Å²) in [7, 11) is 3.57. The molecule has 2 aliphatic rings. The van der Waals surface area contributed by atoms with E-state index < -0.39 is 0 Å². The normalized spacial score (nSPS) is 19.0. The summed E-state index contributed by atoms with van der Waals surface area (Å²) >= 11 is 0. The van der Waals surface area contributed by atoms with Gasteiger partial charge in [-0.1, -0.05) is 18.2 Å². The number of anilines is 1. The zero-order valence-corrected chi connectivity index (χ0v) is 16.9. The number of carbonyl (C=O) groups is 1. The van der Waals surface area contributed by atoms with Crippen molar-refractivity contribution < 1.29 is 4.79 Å². The van der Waals surface area contributed by atoms with Crippen molar-refractivity contribution >= 4 is 17.6 Å². The number of likely N-dealkylation sites (tertiary alicyclic amines) is 1. The predicted molar refractivity (Wildman–Crippen MR) is 111 cm³/mol. The maximum absolute atomic E-state index is 11.6. The van der Waals surface area contributed by atoms with E-state index in [9.17, 15) is 4.79 Å². The van der Waals surface area contributed by atoms with Gasteiger partial charge in [0, 0.05) is 58.4 Å². The summed E-state index contributed by atoms with van der Waals surface area (Å²) in [5.74, 6) is 1.61. The third-order valence-electron chi connectivity index (χ3n) is 5.89. The molecule has 1 aromatic carbocycles. The fraction of sp³-hybridized carbons (Fsp3) is 0.619. The van der Waals surface area contributed by atoms with Gasteiger partial charge in [0.25, 0.3) is 0 Å². The molecule has 1 unspecified atom stereocenters. The van der Waals surface area contributed by atoms with E-state index in [0.717, 1.165) is 51.4 Å². The topological polar surface area (TPSA) is 60.0 Å². The van der Waals surface area contributed by atoms with Crippen LogP contribution in [0.25, 0.3) is 0 Å². The number of nitrogens with one attached hydrogen (secondary N) is 2. The van der Waals surface area contributed by atoms with Crippen molar-refractivity contribution in [3.8, 4) is 0 Å². The number of hydrogen-bond donors (Lipinski definition) is 2. The summed E-state index contributed by atoms with van der Waals surface area (Å²) in [6.07, 6.45) is 3.86. The lowest BCUT2D eigenvalue weighted by molar-refractivity contribution is -0.121. The van der Waals surface area contributed by atoms with E-state index in [2.05, 4.69) is 56.6 Å². The molecule has 148 valence electrons. The molecule has 27 heavy (non-hydrogen) atoms. The van der Waals surface area contributed by atoms with Crippen molar-refractivity contribution in [1.82, 2.24) is 15.5 Å². The fourth-order valence-electron chi connectivity index (χ4n) is 4.22. The van der Waals surface area contributed by atoms with Crippen LogP contribution in [0.5, 0.6) is 0 Å². The molecule has 0 radical (unpaired) electrons. The van der Waals surface area contributed by atoms with Crippen molar-refractivity contribution in [1.29, 1.82) is 0 Å². The Hall–Kier alpha value is -2.24. The standard InChI is InChI=1S/C21H33N5O/c1-16(26-13-10-18-6-4-5-7-19(18)26)15-24-21(23-3)25-11-8-17(9-12-25)14-20(27)22-2/h4-7,16-17H,8-15H2,1-3H3,(H,22,27)(H,23,24). The molecule has 1 aromatic rings. The minimum Gasteiger partial charge on any atom is -0.366 e. The molecule has 6 nitrogen and oxygen atoms in total. The quantitative estimate of drug-likeness (QED) is 0.613. The molecular weight excluding hydrogens is 338 g/mol. The Morgan fingerprint density at radius 1 is 1.26 bits per heavy atom. The molecule has 0 bridgehead atoms. The van der Waals surface area contributed by atoms with Gasteiger partial charge in [0.2, 0.25) is 5.91 Å². The van der Waals surface area contributed by atoms with Gasteiger partial charge < -0.3 is 20.4 Å². The Bertz CT molecular complexity index is 666. The first-order valence-electron chi connectivity index (χ1n) is 10.1. The molecule has 1 atom stereocenters. The van der Waals surface area contributed by atoms with Crippen molar-refractivity contribution in [3.63, 3.8) is 0 Å². The molecule has 0 spiro atoms. The minimum absolute atomic E-state index is 0.149. The zero-order chi connectivity index (χ0) is 19.2. The average molecular weight is 372 g/mol. The lowest BCUT2D eigenvalue weighted by atomic mass is 9.93. The van der Waals surface area contributed by atoms with Gasteiger partial charge in [0.05, 0.1) is 0 Å². The summed E-state index contributed by atoms with van der Waals surface area (Å²) < 4.78 is 0. The van der Waals surface area contributed by atoms with Crippen LogP contribution in [0.15, 0.2) is 29.3 Å². The summed E-state index contributed by atoms with van der Waals surface area (Å²) in [5.41, 5.74) is 2.82. The SMILES string of the molecule is CN=C(NCC(C)N1CCc2ccccc21)N1CCC(CC(=O)NC)CC1. The highest BCUT2D eigenvalue weighted by Crippen LogP contribution is 2.29. The number of amides is 1. The second kappa shape index (κ2) is 9.11. The van der Waals surface area contributed by atoms with Crippen LogP contribution in [0.3, 0.4) is 0 Å². The molecule has 1 saturated heterocycles. The highest BCUT2D eigenvalue weighted by molar-refractivity contribution is 5.80. The van der Waals surface area contributed by atoms with Gasteiger partial charge in [0.1, 0.15) is 0 Å². The zero-order valence-electron chi connectivity index (χ0n) is 16.9. The summed E-state index contributed by atoms with van der Waals surface area (Å²) in [6.45, 7) is 6.16. The maximum Gasteiger partial charge on any atom is 0.220 e. The fourth-order valence-corrected chi connectivity index (χ4v) is 4.22. The first kappa shape index (κ1) is 19.5. The van der Waals surface area contributed by atoms with E-state index in [1.54, 1.807) is 7.05 Å². The minimum atomic E-state index is 0.149. The number of aliphatic imine (C=N–C) groups is 1. The third kappa shape index (κ3) is 4.73. The van der Waals surface area contributed by atoms with Gasteiger partial charge in [-0.15, -0.1) is 0 Å². The Morgan fingerprint density at radius 2 is 2.00 bits per heavy atom. The lowest BCUT2D eigenvalue weighted by Crippen LogP contribution is -2.49. The Morgan fingerprint density at radius 3 is 2.70 bits per heavy atom. The van der Waals surface area contributed by atoms with E-state index >= 15 is 0 Å². The largest absolute Gasteiger partial charge is 0.366 e. The van der Waals surface area contributed by atoms with Crippen LogP contribution in [-0.4, -0.2) is 63.1 Å². The van der Waals surface area contributed by atoms with Gasteiger partial charge in [-0.2, -0.15) is 0 Å².